The Morgan fingerprint density at radius 3 is 2.50 bits per heavy atom. The zero-order valence-corrected chi connectivity index (χ0v) is 14.8. The number of nitrogens with zero attached hydrogens (tertiary/aromatic N) is 2. The fraction of sp³-hybridized carbons (Fsp3) is 0.105. The monoisotopic (exact) mass is 368 g/mol. The molecule has 0 aliphatic heterocycles. The summed E-state index contributed by atoms with van der Waals surface area (Å²) in [5.74, 6) is -0.555. The molecule has 0 fully saturated rings. The van der Waals surface area contributed by atoms with Gasteiger partial charge in [0.2, 0.25) is 0 Å². The van der Waals surface area contributed by atoms with Crippen LogP contribution < -0.4 is 5.73 Å². The van der Waals surface area contributed by atoms with Crippen molar-refractivity contribution >= 4 is 23.4 Å². The second kappa shape index (κ2) is 7.01. The van der Waals surface area contributed by atoms with E-state index in [1.54, 1.807) is 11.5 Å². The molecule has 0 radical (unpaired) electrons. The maximum absolute atomic E-state index is 11.4. The van der Waals surface area contributed by atoms with Crippen molar-refractivity contribution in [3.63, 3.8) is 0 Å². The summed E-state index contributed by atoms with van der Waals surface area (Å²) in [5, 5.41) is 17.0. The van der Waals surface area contributed by atoms with Gasteiger partial charge in [-0.2, -0.15) is 0 Å². The number of nitrogen functional groups attached to an aromatic ring is 1. The van der Waals surface area contributed by atoms with Crippen LogP contribution in [0, 0.1) is 12.3 Å². The molecule has 132 valence electrons. The van der Waals surface area contributed by atoms with Crippen molar-refractivity contribution in [2.24, 2.45) is 5.73 Å². The Balaban J connectivity index is 1.93. The van der Waals surface area contributed by atoms with E-state index >= 15 is 0 Å². The maximum Gasteiger partial charge on any atom is 0.355 e. The minimum absolute atomic E-state index is 0.0120. The second-order valence-electron chi connectivity index (χ2n) is 5.85. The Morgan fingerprint density at radius 1 is 1.23 bits per heavy atom. The Hall–Kier alpha value is -3.12. The van der Waals surface area contributed by atoms with Gasteiger partial charge in [0.1, 0.15) is 11.7 Å². The van der Waals surface area contributed by atoms with Gasteiger partial charge in [0.05, 0.1) is 0 Å². The molecule has 0 aliphatic rings. The first kappa shape index (κ1) is 17.7. The molecule has 3 aromatic rings. The first-order chi connectivity index (χ1) is 12.4. The van der Waals surface area contributed by atoms with E-state index in [1.807, 2.05) is 48.5 Å². The molecule has 0 spiro atoms. The third-order valence-corrected chi connectivity index (χ3v) is 4.40. The molecule has 1 aromatic heterocycles. The third-order valence-electron chi connectivity index (χ3n) is 4.14. The zero-order chi connectivity index (χ0) is 18.8. The summed E-state index contributed by atoms with van der Waals surface area (Å²) in [6, 6.07) is 15.1. The van der Waals surface area contributed by atoms with Crippen LogP contribution in [0.1, 0.15) is 27.4 Å². The molecular weight excluding hydrogens is 352 g/mol. The number of carboxylic acid groups (broad SMARTS) is 1. The Kier molecular flexibility index (Phi) is 4.77. The van der Waals surface area contributed by atoms with Crippen LogP contribution in [0.25, 0.3) is 11.1 Å². The van der Waals surface area contributed by atoms with Gasteiger partial charge in [0.25, 0.3) is 0 Å². The smallest absolute Gasteiger partial charge is 0.355 e. The van der Waals surface area contributed by atoms with E-state index in [4.69, 9.17) is 22.7 Å². The first-order valence-corrected chi connectivity index (χ1v) is 8.25. The molecule has 2 aromatic carbocycles. The number of carbonyl (C=O) groups is 1. The van der Waals surface area contributed by atoms with Crippen LogP contribution in [0.2, 0.25) is 5.15 Å². The number of carboxylic acids is 1. The molecule has 0 aliphatic carbocycles. The van der Waals surface area contributed by atoms with E-state index in [2.05, 4.69) is 4.98 Å². The van der Waals surface area contributed by atoms with E-state index in [0.717, 1.165) is 16.7 Å². The SMILES string of the molecule is Cc1nc(Cl)c(C(=O)O)n1Cc1ccc(-c2ccccc2C(=N)N)cc1. The van der Waals surface area contributed by atoms with Gasteiger partial charge >= 0.3 is 5.97 Å². The number of aromatic carboxylic acids is 1. The molecular formula is C19H17ClN4O2. The van der Waals surface area contributed by atoms with Crippen LogP contribution in [0.4, 0.5) is 0 Å². The highest BCUT2D eigenvalue weighted by molar-refractivity contribution is 6.32. The fourth-order valence-electron chi connectivity index (χ4n) is 2.87. The number of hydrogen-bond donors (Lipinski definition) is 3. The third kappa shape index (κ3) is 3.32. The number of rotatable bonds is 5. The van der Waals surface area contributed by atoms with Crippen molar-refractivity contribution in [3.8, 4) is 11.1 Å². The lowest BCUT2D eigenvalue weighted by atomic mass is 9.98. The summed E-state index contributed by atoms with van der Waals surface area (Å²) < 4.78 is 1.57. The van der Waals surface area contributed by atoms with Gasteiger partial charge in [-0.05, 0) is 23.6 Å². The molecule has 3 rings (SSSR count). The lowest BCUT2D eigenvalue weighted by molar-refractivity contribution is 0.0685. The number of hydrogen-bond acceptors (Lipinski definition) is 3. The summed E-state index contributed by atoms with van der Waals surface area (Å²) in [6.45, 7) is 2.07. The molecule has 6 nitrogen and oxygen atoms in total. The number of nitrogens with one attached hydrogen (secondary N) is 1. The second-order valence-corrected chi connectivity index (χ2v) is 6.20. The molecule has 0 unspecified atom stereocenters. The van der Waals surface area contributed by atoms with Crippen LogP contribution in [-0.4, -0.2) is 26.5 Å². The minimum Gasteiger partial charge on any atom is -0.476 e. The highest BCUT2D eigenvalue weighted by atomic mass is 35.5. The highest BCUT2D eigenvalue weighted by Gasteiger charge is 2.19. The molecule has 0 amide bonds. The summed E-state index contributed by atoms with van der Waals surface area (Å²) in [5.41, 5.74) is 9.02. The van der Waals surface area contributed by atoms with Crippen molar-refractivity contribution in [2.45, 2.75) is 13.5 Å². The number of nitrogens with two attached hydrogens (primary N) is 1. The Bertz CT molecular complexity index is 993. The fourth-order valence-corrected chi connectivity index (χ4v) is 3.17. The van der Waals surface area contributed by atoms with Gasteiger partial charge in [0.15, 0.2) is 10.8 Å². The predicted octanol–water partition coefficient (Wildman–Crippen LogP) is 3.54. The van der Waals surface area contributed by atoms with Gasteiger partial charge in [-0.3, -0.25) is 5.41 Å². The molecule has 4 N–H and O–H groups in total. The van der Waals surface area contributed by atoms with Gasteiger partial charge in [-0.1, -0.05) is 60.1 Å². The lowest BCUT2D eigenvalue weighted by Crippen LogP contribution is -2.12. The van der Waals surface area contributed by atoms with Crippen molar-refractivity contribution in [1.82, 2.24) is 9.55 Å². The van der Waals surface area contributed by atoms with Crippen molar-refractivity contribution < 1.29 is 9.90 Å². The van der Waals surface area contributed by atoms with Crippen LogP contribution >= 0.6 is 11.6 Å². The van der Waals surface area contributed by atoms with E-state index in [1.165, 1.54) is 0 Å². The molecule has 0 saturated carbocycles. The van der Waals surface area contributed by atoms with Crippen molar-refractivity contribution in [3.05, 3.63) is 76.3 Å². The van der Waals surface area contributed by atoms with Gasteiger partial charge in [-0.15, -0.1) is 0 Å². The molecule has 0 bridgehead atoms. The van der Waals surface area contributed by atoms with Crippen molar-refractivity contribution in [1.29, 1.82) is 5.41 Å². The largest absolute Gasteiger partial charge is 0.476 e. The van der Waals surface area contributed by atoms with Gasteiger partial charge in [0, 0.05) is 12.1 Å². The number of imidazole rings is 1. The zero-order valence-electron chi connectivity index (χ0n) is 14.0. The summed E-state index contributed by atoms with van der Waals surface area (Å²) in [6.07, 6.45) is 0. The normalized spacial score (nSPS) is 10.7. The maximum atomic E-state index is 11.4. The average Bonchev–Trinajstić information content (AvgIpc) is 2.89. The van der Waals surface area contributed by atoms with E-state index in [9.17, 15) is 9.90 Å². The standard InChI is InChI=1S/C19H17ClN4O2/c1-11-23-17(20)16(19(25)26)24(11)10-12-6-8-13(9-7-12)14-4-2-3-5-15(14)18(21)22/h2-9H,10H2,1H3,(H3,21,22)(H,25,26). The number of aryl methyl sites for hydroxylation is 1. The lowest BCUT2D eigenvalue weighted by Gasteiger charge is -2.11. The molecule has 0 saturated heterocycles. The van der Waals surface area contributed by atoms with E-state index < -0.39 is 5.97 Å². The first-order valence-electron chi connectivity index (χ1n) is 7.87. The van der Waals surface area contributed by atoms with E-state index in [-0.39, 0.29) is 16.7 Å². The summed E-state index contributed by atoms with van der Waals surface area (Å²) >= 11 is 5.92. The van der Waals surface area contributed by atoms with Crippen LogP contribution in [0.15, 0.2) is 48.5 Å². The van der Waals surface area contributed by atoms with Crippen LogP contribution in [-0.2, 0) is 6.54 Å². The molecule has 26 heavy (non-hydrogen) atoms. The number of halogens is 1. The van der Waals surface area contributed by atoms with Gasteiger partial charge < -0.3 is 15.4 Å². The van der Waals surface area contributed by atoms with Crippen LogP contribution in [0.3, 0.4) is 0 Å². The van der Waals surface area contributed by atoms with Gasteiger partial charge in [-0.25, -0.2) is 9.78 Å². The Labute approximate surface area is 155 Å². The molecule has 7 heteroatoms. The number of amidine groups is 1. The number of aromatic nitrogens is 2. The number of benzene rings is 2. The highest BCUT2D eigenvalue weighted by Crippen LogP contribution is 2.25. The van der Waals surface area contributed by atoms with Crippen molar-refractivity contribution in [2.75, 3.05) is 0 Å². The van der Waals surface area contributed by atoms with Crippen LogP contribution in [0.5, 0.6) is 0 Å². The molecule has 0 atom stereocenters. The average molecular weight is 369 g/mol. The minimum atomic E-state index is -1.11. The Morgan fingerprint density at radius 2 is 1.88 bits per heavy atom. The summed E-state index contributed by atoms with van der Waals surface area (Å²) in [7, 11) is 0. The predicted molar refractivity (Wildman–Crippen MR) is 101 cm³/mol. The molecule has 1 heterocycles. The topological polar surface area (TPSA) is 105 Å². The van der Waals surface area contributed by atoms with E-state index in [0.29, 0.717) is 17.9 Å². The quantitative estimate of drug-likeness (QED) is 0.473. The summed E-state index contributed by atoms with van der Waals surface area (Å²) in [4.78, 5) is 15.4.